The summed E-state index contributed by atoms with van der Waals surface area (Å²) in [7, 11) is 0. The van der Waals surface area contributed by atoms with E-state index < -0.39 is 6.04 Å². The van der Waals surface area contributed by atoms with Gasteiger partial charge in [-0.25, -0.2) is 4.99 Å². The maximum absolute atomic E-state index is 14.4. The molecule has 1 aliphatic rings. The smallest absolute Gasteiger partial charge is 0.271 e. The fourth-order valence-corrected chi connectivity index (χ4v) is 7.26. The van der Waals surface area contributed by atoms with Crippen LogP contribution >= 0.6 is 22.9 Å². The fraction of sp³-hybridized carbons (Fsp3) is 0.125. The molecule has 0 spiro atoms. The van der Waals surface area contributed by atoms with Gasteiger partial charge in [-0.2, -0.15) is 0 Å². The highest BCUT2D eigenvalue weighted by Gasteiger charge is 2.32. The van der Waals surface area contributed by atoms with Gasteiger partial charge in [-0.1, -0.05) is 95.7 Å². The quantitative estimate of drug-likeness (QED) is 0.170. The number of rotatable bonds is 9. The molecule has 1 atom stereocenters. The number of ether oxygens (including phenoxy) is 2. The first-order valence-corrected chi connectivity index (χ1v) is 17.1. The lowest BCUT2D eigenvalue weighted by Crippen LogP contribution is -2.40. The molecule has 1 amide bonds. The number of para-hydroxylation sites is 1. The van der Waals surface area contributed by atoms with Crippen LogP contribution in [0.25, 0.3) is 16.8 Å². The minimum Gasteiger partial charge on any atom is -0.494 e. The van der Waals surface area contributed by atoms with Crippen molar-refractivity contribution in [3.8, 4) is 11.5 Å². The van der Waals surface area contributed by atoms with Crippen molar-refractivity contribution in [2.45, 2.75) is 26.5 Å². The van der Waals surface area contributed by atoms with Gasteiger partial charge < -0.3 is 14.8 Å². The van der Waals surface area contributed by atoms with E-state index in [0.717, 1.165) is 21.9 Å². The van der Waals surface area contributed by atoms with Gasteiger partial charge in [0.25, 0.3) is 11.5 Å². The predicted molar refractivity (Wildman–Crippen MR) is 196 cm³/mol. The van der Waals surface area contributed by atoms with Crippen LogP contribution in [0.2, 0.25) is 5.02 Å². The topological polar surface area (TPSA) is 81.9 Å². The molecule has 0 aliphatic carbocycles. The van der Waals surface area contributed by atoms with Gasteiger partial charge in [0.05, 0.1) is 28.5 Å². The summed E-state index contributed by atoms with van der Waals surface area (Å²) >= 11 is 7.72. The zero-order chi connectivity index (χ0) is 33.9. The van der Waals surface area contributed by atoms with Crippen molar-refractivity contribution in [1.82, 2.24) is 4.57 Å². The van der Waals surface area contributed by atoms with Crippen LogP contribution < -0.4 is 29.7 Å². The Kier molecular flexibility index (Phi) is 9.15. The first-order chi connectivity index (χ1) is 23.9. The number of hydrogen-bond donors (Lipinski definition) is 1. The van der Waals surface area contributed by atoms with Crippen LogP contribution in [0, 0.1) is 0 Å². The highest BCUT2D eigenvalue weighted by Crippen LogP contribution is 2.32. The van der Waals surface area contributed by atoms with Crippen molar-refractivity contribution >= 4 is 51.4 Å². The molecule has 0 bridgehead atoms. The molecule has 0 radical (unpaired) electrons. The third-order valence-corrected chi connectivity index (χ3v) is 9.54. The summed E-state index contributed by atoms with van der Waals surface area (Å²) in [6.45, 7) is 4.58. The van der Waals surface area contributed by atoms with Crippen molar-refractivity contribution in [3.05, 3.63) is 168 Å². The van der Waals surface area contributed by atoms with Gasteiger partial charge in [0.2, 0.25) is 0 Å². The third-order valence-electron chi connectivity index (χ3n) is 8.33. The summed E-state index contributed by atoms with van der Waals surface area (Å²) in [5.74, 6) is 0.955. The Bertz CT molecular complexity index is 2390. The number of anilines is 1. The minimum absolute atomic E-state index is 0.278. The number of hydrogen-bond acceptors (Lipinski definition) is 6. The lowest BCUT2D eigenvalue weighted by molar-refractivity contribution is -0.113. The molecule has 9 heteroatoms. The molecule has 244 valence electrons. The summed E-state index contributed by atoms with van der Waals surface area (Å²) in [4.78, 5) is 33.5. The van der Waals surface area contributed by atoms with Crippen molar-refractivity contribution < 1.29 is 14.3 Å². The van der Waals surface area contributed by atoms with E-state index in [2.05, 4.69) is 23.5 Å². The van der Waals surface area contributed by atoms with Gasteiger partial charge >= 0.3 is 0 Å². The highest BCUT2D eigenvalue weighted by molar-refractivity contribution is 7.07. The summed E-state index contributed by atoms with van der Waals surface area (Å²) in [6, 6.07) is 35.7. The molecule has 2 heterocycles. The predicted octanol–water partition coefficient (Wildman–Crippen LogP) is 7.66. The van der Waals surface area contributed by atoms with Crippen LogP contribution in [0.1, 0.15) is 36.6 Å². The average molecular weight is 686 g/mol. The number of thiazole rings is 1. The van der Waals surface area contributed by atoms with Crippen molar-refractivity contribution in [2.24, 2.45) is 4.99 Å². The molecule has 0 saturated heterocycles. The van der Waals surface area contributed by atoms with Gasteiger partial charge in [0.1, 0.15) is 18.1 Å². The number of amides is 1. The molecule has 1 N–H and O–H groups in total. The molecule has 1 aromatic heterocycles. The first kappa shape index (κ1) is 32.1. The number of carbonyl (C=O) groups excluding carboxylic acids is 1. The van der Waals surface area contributed by atoms with E-state index in [9.17, 15) is 9.59 Å². The molecule has 0 saturated carbocycles. The van der Waals surface area contributed by atoms with Crippen LogP contribution in [0.15, 0.2) is 136 Å². The molecular formula is C40H32ClN3O4S. The van der Waals surface area contributed by atoms with Crippen LogP contribution in [-0.2, 0) is 11.4 Å². The summed E-state index contributed by atoms with van der Waals surface area (Å²) in [5.41, 5.74) is 3.74. The molecule has 49 heavy (non-hydrogen) atoms. The molecule has 6 aromatic rings. The summed E-state index contributed by atoms with van der Waals surface area (Å²) in [5, 5.41) is 5.75. The summed E-state index contributed by atoms with van der Waals surface area (Å²) in [6.07, 6.45) is 1.78. The normalized spacial score (nSPS) is 14.3. The largest absolute Gasteiger partial charge is 0.494 e. The van der Waals surface area contributed by atoms with Crippen LogP contribution in [0.4, 0.5) is 5.69 Å². The maximum Gasteiger partial charge on any atom is 0.271 e. The second-order valence-corrected chi connectivity index (χ2v) is 13.0. The molecule has 5 aromatic carbocycles. The van der Waals surface area contributed by atoms with E-state index in [1.807, 2.05) is 91.9 Å². The van der Waals surface area contributed by atoms with Gasteiger partial charge in [0.15, 0.2) is 4.80 Å². The van der Waals surface area contributed by atoms with E-state index in [-0.39, 0.29) is 11.5 Å². The molecule has 7 rings (SSSR count). The Morgan fingerprint density at radius 2 is 1.69 bits per heavy atom. The van der Waals surface area contributed by atoms with Crippen molar-refractivity contribution in [2.75, 3.05) is 11.9 Å². The average Bonchev–Trinajstić information content (AvgIpc) is 3.41. The van der Waals surface area contributed by atoms with Crippen molar-refractivity contribution in [1.29, 1.82) is 0 Å². The van der Waals surface area contributed by atoms with Crippen LogP contribution in [0.5, 0.6) is 11.5 Å². The molecular weight excluding hydrogens is 654 g/mol. The lowest BCUT2D eigenvalue weighted by Gasteiger charge is -2.25. The highest BCUT2D eigenvalue weighted by atomic mass is 35.5. The Labute approximate surface area is 292 Å². The van der Waals surface area contributed by atoms with E-state index in [1.54, 1.807) is 29.7 Å². The SMILES string of the molecule is CCOc1ccc([C@@H]2C(C(=O)Nc3ccccc3)=C(C)N=c3s/c(=C\c4cc(Cl)ccc4OCc4cccc5ccccc45)c(=O)n32)cc1. The van der Waals surface area contributed by atoms with Gasteiger partial charge in [-0.05, 0) is 84.3 Å². The van der Waals surface area contributed by atoms with Crippen LogP contribution in [0.3, 0.4) is 0 Å². The number of benzene rings is 5. The molecule has 7 nitrogen and oxygen atoms in total. The zero-order valence-electron chi connectivity index (χ0n) is 26.9. The third kappa shape index (κ3) is 6.66. The second kappa shape index (κ2) is 14.0. The van der Waals surface area contributed by atoms with E-state index in [4.69, 9.17) is 26.1 Å². The summed E-state index contributed by atoms with van der Waals surface area (Å²) < 4.78 is 14.1. The monoisotopic (exact) mass is 685 g/mol. The number of carbonyl (C=O) groups is 1. The standard InChI is InChI=1S/C40H32ClN3O4S/c1-3-47-32-19-16-27(17-20-32)37-36(38(45)43-31-13-5-4-6-14-31)25(2)42-40-44(37)39(46)35(49-40)23-29-22-30(41)18-21-34(29)48-24-28-12-9-11-26-10-7-8-15-33(26)28/h4-23,37H,3,24H2,1-2H3,(H,43,45)/b35-23-/t37-/m1/s1. The number of halogens is 1. The number of nitrogens with zero attached hydrogens (tertiary/aromatic N) is 2. The second-order valence-electron chi connectivity index (χ2n) is 11.5. The maximum atomic E-state index is 14.4. The minimum atomic E-state index is -0.723. The molecule has 0 unspecified atom stereocenters. The van der Waals surface area contributed by atoms with Gasteiger partial charge in [-0.15, -0.1) is 0 Å². The molecule has 0 fully saturated rings. The first-order valence-electron chi connectivity index (χ1n) is 15.9. The fourth-order valence-electron chi connectivity index (χ4n) is 6.04. The van der Waals surface area contributed by atoms with Gasteiger partial charge in [-0.3, -0.25) is 14.2 Å². The zero-order valence-corrected chi connectivity index (χ0v) is 28.4. The Morgan fingerprint density at radius 1 is 0.939 bits per heavy atom. The Balaban J connectivity index is 1.30. The number of allylic oxidation sites excluding steroid dienone is 1. The Hall–Kier alpha value is -5.44. The van der Waals surface area contributed by atoms with E-state index in [1.165, 1.54) is 11.3 Å². The van der Waals surface area contributed by atoms with Crippen molar-refractivity contribution in [3.63, 3.8) is 0 Å². The van der Waals surface area contributed by atoms with Crippen LogP contribution in [-0.4, -0.2) is 17.1 Å². The Morgan fingerprint density at radius 3 is 2.49 bits per heavy atom. The number of fused-ring (bicyclic) bond motifs is 2. The number of nitrogens with one attached hydrogen (secondary N) is 1. The van der Waals surface area contributed by atoms with Gasteiger partial charge in [0, 0.05) is 16.3 Å². The molecule has 1 aliphatic heterocycles. The van der Waals surface area contributed by atoms with E-state index >= 15 is 0 Å². The lowest BCUT2D eigenvalue weighted by atomic mass is 9.95. The van der Waals surface area contributed by atoms with E-state index in [0.29, 0.717) is 61.6 Å². The number of aromatic nitrogens is 1.